The number of ketones is 1. The lowest BCUT2D eigenvalue weighted by molar-refractivity contribution is -0.145. The Labute approximate surface area is 229 Å². The number of amides is 4. The minimum absolute atomic E-state index is 0.00280. The molecular weight excluding hydrogens is 494 g/mol. The lowest BCUT2D eigenvalue weighted by atomic mass is 9.86. The van der Waals surface area contributed by atoms with Gasteiger partial charge in [-0.25, -0.2) is 14.5 Å². The fourth-order valence-corrected chi connectivity index (χ4v) is 6.06. The Morgan fingerprint density at radius 1 is 0.692 bits per heavy atom. The second-order valence-corrected chi connectivity index (χ2v) is 10.8. The smallest absolute Gasteiger partial charge is 0.333 e. The molecule has 2 saturated carbocycles. The zero-order valence-corrected chi connectivity index (χ0v) is 22.4. The molecule has 2 fully saturated rings. The second kappa shape index (κ2) is 12.5. The average Bonchev–Trinajstić information content (AvgIpc) is 3.06. The van der Waals surface area contributed by atoms with Gasteiger partial charge >= 0.3 is 18.0 Å². The molecular formula is C31H37N3O5. The molecule has 1 aliphatic heterocycles. The van der Waals surface area contributed by atoms with Gasteiger partial charge in [0.25, 0.3) is 0 Å². The van der Waals surface area contributed by atoms with Crippen LogP contribution in [0, 0.1) is 5.92 Å². The number of carbonyl (C=O) groups is 4. The minimum Gasteiger partial charge on any atom is -0.459 e. The summed E-state index contributed by atoms with van der Waals surface area (Å²) >= 11 is 0. The minimum atomic E-state index is -0.673. The van der Waals surface area contributed by atoms with Gasteiger partial charge in [-0.15, -0.1) is 0 Å². The lowest BCUT2D eigenvalue weighted by Crippen LogP contribution is -2.54. The molecule has 5 rings (SSSR count). The Hall–Kier alpha value is -3.68. The van der Waals surface area contributed by atoms with Crippen molar-refractivity contribution in [2.75, 3.05) is 22.9 Å². The quantitative estimate of drug-likeness (QED) is 0.385. The number of imide groups is 1. The van der Waals surface area contributed by atoms with Crippen molar-refractivity contribution < 1.29 is 23.9 Å². The van der Waals surface area contributed by atoms with Crippen LogP contribution >= 0.6 is 0 Å². The van der Waals surface area contributed by atoms with Crippen molar-refractivity contribution in [2.45, 2.75) is 76.9 Å². The van der Waals surface area contributed by atoms with Crippen molar-refractivity contribution in [3.05, 3.63) is 60.2 Å². The van der Waals surface area contributed by atoms with Gasteiger partial charge < -0.3 is 4.74 Å². The summed E-state index contributed by atoms with van der Waals surface area (Å²) in [4.78, 5) is 58.5. The maximum Gasteiger partial charge on any atom is 0.333 e. The maximum atomic E-state index is 14.1. The van der Waals surface area contributed by atoms with Gasteiger partial charge in [0.1, 0.15) is 13.2 Å². The van der Waals surface area contributed by atoms with Crippen LogP contribution in [-0.2, 0) is 20.9 Å². The molecule has 8 nitrogen and oxygen atoms in total. The van der Waals surface area contributed by atoms with E-state index in [1.807, 2.05) is 48.5 Å². The van der Waals surface area contributed by atoms with E-state index in [1.54, 1.807) is 11.0 Å². The maximum absolute atomic E-state index is 14.1. The number of urea groups is 2. The van der Waals surface area contributed by atoms with Crippen LogP contribution in [0.3, 0.4) is 0 Å². The van der Waals surface area contributed by atoms with Crippen molar-refractivity contribution in [2.24, 2.45) is 5.92 Å². The molecule has 0 spiro atoms. The fraction of sp³-hybridized carbons (Fsp3) is 0.484. The van der Waals surface area contributed by atoms with Crippen LogP contribution in [0.5, 0.6) is 0 Å². The Bertz CT molecular complexity index is 1190. The first-order valence-corrected chi connectivity index (χ1v) is 14.3. The molecule has 0 aromatic heterocycles. The van der Waals surface area contributed by atoms with Gasteiger partial charge in [-0.1, -0.05) is 81.0 Å². The van der Waals surface area contributed by atoms with E-state index in [1.165, 1.54) is 4.90 Å². The number of hydrogen-bond acceptors (Lipinski definition) is 5. The monoisotopic (exact) mass is 531 g/mol. The lowest BCUT2D eigenvalue weighted by Gasteiger charge is -2.35. The summed E-state index contributed by atoms with van der Waals surface area (Å²) in [6.45, 7) is -0.593. The first kappa shape index (κ1) is 26.9. The second-order valence-electron chi connectivity index (χ2n) is 10.8. The van der Waals surface area contributed by atoms with Crippen LogP contribution in [0.15, 0.2) is 54.6 Å². The summed E-state index contributed by atoms with van der Waals surface area (Å²) in [5.41, 5.74) is 1.96. The molecule has 2 aliphatic carbocycles. The predicted octanol–water partition coefficient (Wildman–Crippen LogP) is 6.08. The van der Waals surface area contributed by atoms with Gasteiger partial charge in [0.15, 0.2) is 5.78 Å². The summed E-state index contributed by atoms with van der Waals surface area (Å²) in [7, 11) is 0. The molecule has 0 bridgehead atoms. The van der Waals surface area contributed by atoms with Crippen LogP contribution in [-0.4, -0.2) is 47.8 Å². The fourth-order valence-electron chi connectivity index (χ4n) is 6.06. The van der Waals surface area contributed by atoms with Crippen LogP contribution in [0.2, 0.25) is 0 Å². The number of ether oxygens (including phenoxy) is 1. The third-order valence-corrected chi connectivity index (χ3v) is 8.18. The first-order valence-electron chi connectivity index (χ1n) is 14.3. The van der Waals surface area contributed by atoms with E-state index in [2.05, 4.69) is 0 Å². The van der Waals surface area contributed by atoms with Crippen LogP contribution in [0.1, 0.15) is 69.8 Å². The van der Waals surface area contributed by atoms with Crippen LogP contribution in [0.4, 0.5) is 21.0 Å². The van der Waals surface area contributed by atoms with Gasteiger partial charge in [-0.05, 0) is 43.4 Å². The summed E-state index contributed by atoms with van der Waals surface area (Å²) in [6, 6.07) is 15.3. The molecule has 2 aromatic rings. The highest BCUT2D eigenvalue weighted by atomic mass is 16.5. The summed E-state index contributed by atoms with van der Waals surface area (Å²) in [5, 5.41) is 0. The normalized spacial score (nSPS) is 19.0. The number of Topliss-reactive ketones (excluding diaryl/α,β-unsaturated/α-hetero) is 1. The molecule has 3 aliphatic rings. The van der Waals surface area contributed by atoms with Gasteiger partial charge in [0, 0.05) is 12.0 Å². The number of para-hydroxylation sites is 2. The SMILES string of the molecule is O=C(CN1C(=O)N(CC(=O)C2CCCCC2)c2ccccc2N(C2CCCCC2)C1=O)OCc1ccccc1. The molecule has 0 saturated heterocycles. The van der Waals surface area contributed by atoms with Crippen molar-refractivity contribution in [3.8, 4) is 0 Å². The van der Waals surface area contributed by atoms with Gasteiger partial charge in [-0.2, -0.15) is 0 Å². The van der Waals surface area contributed by atoms with Crippen molar-refractivity contribution in [1.82, 2.24) is 4.90 Å². The molecule has 0 N–H and O–H groups in total. The van der Waals surface area contributed by atoms with Gasteiger partial charge in [0.05, 0.1) is 17.9 Å². The van der Waals surface area contributed by atoms with E-state index in [-0.39, 0.29) is 30.9 Å². The molecule has 8 heteroatoms. The van der Waals surface area contributed by atoms with Crippen LogP contribution < -0.4 is 9.80 Å². The Morgan fingerprint density at radius 2 is 1.31 bits per heavy atom. The van der Waals surface area contributed by atoms with E-state index in [0.717, 1.165) is 74.7 Å². The molecule has 206 valence electrons. The van der Waals surface area contributed by atoms with Crippen molar-refractivity contribution >= 4 is 35.2 Å². The average molecular weight is 532 g/mol. The van der Waals surface area contributed by atoms with E-state index >= 15 is 0 Å². The highest BCUT2D eigenvalue weighted by Crippen LogP contribution is 2.38. The van der Waals surface area contributed by atoms with E-state index in [0.29, 0.717) is 11.4 Å². The number of benzene rings is 2. The highest BCUT2D eigenvalue weighted by Gasteiger charge is 2.42. The van der Waals surface area contributed by atoms with Crippen LogP contribution in [0.25, 0.3) is 0 Å². The third kappa shape index (κ3) is 6.15. The van der Waals surface area contributed by atoms with E-state index in [4.69, 9.17) is 4.74 Å². The number of anilines is 2. The molecule has 0 radical (unpaired) electrons. The predicted molar refractivity (Wildman–Crippen MR) is 148 cm³/mol. The molecule has 0 atom stereocenters. The zero-order valence-electron chi connectivity index (χ0n) is 22.4. The van der Waals surface area contributed by atoms with Gasteiger partial charge in [-0.3, -0.25) is 19.4 Å². The largest absolute Gasteiger partial charge is 0.459 e. The highest BCUT2D eigenvalue weighted by molar-refractivity contribution is 6.15. The number of carbonyl (C=O) groups excluding carboxylic acids is 4. The molecule has 2 aromatic carbocycles. The summed E-state index contributed by atoms with van der Waals surface area (Å²) in [5.74, 6) is -0.756. The van der Waals surface area contributed by atoms with E-state index < -0.39 is 24.6 Å². The van der Waals surface area contributed by atoms with E-state index in [9.17, 15) is 19.2 Å². The zero-order chi connectivity index (χ0) is 27.2. The number of fused-ring (bicyclic) bond motifs is 1. The van der Waals surface area contributed by atoms with Gasteiger partial charge in [0.2, 0.25) is 0 Å². The first-order chi connectivity index (χ1) is 19.0. The Balaban J connectivity index is 1.44. The third-order valence-electron chi connectivity index (χ3n) is 8.18. The molecule has 4 amide bonds. The number of esters is 1. The summed E-state index contributed by atoms with van der Waals surface area (Å²) < 4.78 is 5.45. The number of nitrogens with zero attached hydrogens (tertiary/aromatic N) is 3. The topological polar surface area (TPSA) is 87.2 Å². The number of hydrogen-bond donors (Lipinski definition) is 0. The Morgan fingerprint density at radius 3 is 2.00 bits per heavy atom. The molecule has 1 heterocycles. The molecule has 39 heavy (non-hydrogen) atoms. The summed E-state index contributed by atoms with van der Waals surface area (Å²) in [6.07, 6.45) is 9.53. The Kier molecular flexibility index (Phi) is 8.59. The standard InChI is InChI=1S/C31H37N3O5/c35-28(24-14-6-2-7-15-24)20-32-26-18-10-11-19-27(26)34(25-16-8-3-9-17-25)31(38)33(30(32)37)21-29(36)39-22-23-12-4-1-5-13-23/h1,4-5,10-13,18-19,24-25H,2-3,6-9,14-17,20-22H2. The molecule has 0 unspecified atom stereocenters. The van der Waals surface area contributed by atoms with Crippen molar-refractivity contribution in [1.29, 1.82) is 0 Å². The van der Waals surface area contributed by atoms with Crippen molar-refractivity contribution in [3.63, 3.8) is 0 Å². The number of rotatable bonds is 8.